The standard InChI is InChI=1S/C19H30O6Si/c1-18(2,3)26(4,5)24-13-19(22)16(20)11-15(25-19)12-23-17(21)14-9-7-6-8-10-14/h6-10,15-16,20,22H,11-13H2,1-5H3/t15-,16-,19+/m0/s1. The molecule has 1 aromatic rings. The van der Waals surface area contributed by atoms with Crippen LogP contribution in [0.5, 0.6) is 0 Å². The van der Waals surface area contributed by atoms with E-state index < -0.39 is 32.3 Å². The van der Waals surface area contributed by atoms with Gasteiger partial charge in [0.1, 0.15) is 12.7 Å². The highest BCUT2D eigenvalue weighted by atomic mass is 28.4. The monoisotopic (exact) mass is 382 g/mol. The molecule has 0 aliphatic carbocycles. The number of aliphatic hydroxyl groups is 2. The van der Waals surface area contributed by atoms with Crippen LogP contribution < -0.4 is 0 Å². The lowest BCUT2D eigenvalue weighted by Gasteiger charge is -2.38. The molecule has 1 aliphatic rings. The van der Waals surface area contributed by atoms with Crippen molar-refractivity contribution in [2.45, 2.75) is 63.3 Å². The summed E-state index contributed by atoms with van der Waals surface area (Å²) in [6, 6.07) is 8.65. The van der Waals surface area contributed by atoms with Gasteiger partial charge in [-0.2, -0.15) is 0 Å². The lowest BCUT2D eigenvalue weighted by Crippen LogP contribution is -2.50. The number of ether oxygens (including phenoxy) is 2. The fourth-order valence-corrected chi connectivity index (χ4v) is 3.41. The molecule has 1 fully saturated rings. The maximum Gasteiger partial charge on any atom is 0.338 e. The molecule has 6 nitrogen and oxygen atoms in total. The van der Waals surface area contributed by atoms with Crippen LogP contribution in [0.15, 0.2) is 30.3 Å². The van der Waals surface area contributed by atoms with Crippen molar-refractivity contribution in [3.8, 4) is 0 Å². The number of carbonyl (C=O) groups excluding carboxylic acids is 1. The summed E-state index contributed by atoms with van der Waals surface area (Å²) in [5.41, 5.74) is 0.447. The van der Waals surface area contributed by atoms with Crippen molar-refractivity contribution < 1.29 is 28.9 Å². The van der Waals surface area contributed by atoms with E-state index in [4.69, 9.17) is 13.9 Å². The molecule has 0 bridgehead atoms. The zero-order chi connectivity index (χ0) is 19.6. The van der Waals surface area contributed by atoms with E-state index >= 15 is 0 Å². The first-order chi connectivity index (χ1) is 11.9. The molecule has 1 saturated heterocycles. The average Bonchev–Trinajstić information content (AvgIpc) is 2.85. The van der Waals surface area contributed by atoms with Gasteiger partial charge < -0.3 is 24.1 Å². The summed E-state index contributed by atoms with van der Waals surface area (Å²) in [6.07, 6.45) is -1.49. The van der Waals surface area contributed by atoms with E-state index in [1.54, 1.807) is 24.3 Å². The molecule has 1 heterocycles. The van der Waals surface area contributed by atoms with Gasteiger partial charge in [-0.05, 0) is 30.3 Å². The van der Waals surface area contributed by atoms with E-state index in [1.807, 2.05) is 6.07 Å². The van der Waals surface area contributed by atoms with Crippen molar-refractivity contribution in [1.29, 1.82) is 0 Å². The Morgan fingerprint density at radius 1 is 1.31 bits per heavy atom. The Morgan fingerprint density at radius 2 is 1.92 bits per heavy atom. The molecule has 0 saturated carbocycles. The quantitative estimate of drug-likeness (QED) is 0.581. The number of hydrogen-bond donors (Lipinski definition) is 2. The number of carbonyl (C=O) groups is 1. The molecule has 146 valence electrons. The van der Waals surface area contributed by atoms with Crippen molar-refractivity contribution in [2.24, 2.45) is 0 Å². The molecule has 26 heavy (non-hydrogen) atoms. The minimum atomic E-state index is -2.09. The first-order valence-corrected chi connectivity index (χ1v) is 11.8. The highest BCUT2D eigenvalue weighted by Crippen LogP contribution is 2.38. The Hall–Kier alpha value is -1.25. The smallest absolute Gasteiger partial charge is 0.338 e. The second-order valence-corrected chi connectivity index (χ2v) is 13.2. The number of benzene rings is 1. The van der Waals surface area contributed by atoms with Gasteiger partial charge in [-0.3, -0.25) is 0 Å². The van der Waals surface area contributed by atoms with Gasteiger partial charge in [-0.15, -0.1) is 0 Å². The summed E-state index contributed by atoms with van der Waals surface area (Å²) in [6.45, 7) is 10.3. The maximum atomic E-state index is 12.0. The Morgan fingerprint density at radius 3 is 2.50 bits per heavy atom. The fourth-order valence-electron chi connectivity index (χ4n) is 2.41. The van der Waals surface area contributed by atoms with Crippen LogP contribution in [0.25, 0.3) is 0 Å². The third kappa shape index (κ3) is 4.92. The molecule has 2 N–H and O–H groups in total. The Bertz CT molecular complexity index is 612. The minimum Gasteiger partial charge on any atom is -0.459 e. The molecule has 3 atom stereocenters. The average molecular weight is 383 g/mol. The van der Waals surface area contributed by atoms with Crippen LogP contribution in [0.4, 0.5) is 0 Å². The lowest BCUT2D eigenvalue weighted by atomic mass is 10.1. The zero-order valence-electron chi connectivity index (χ0n) is 16.2. The minimum absolute atomic E-state index is 0.0163. The summed E-state index contributed by atoms with van der Waals surface area (Å²) in [4.78, 5) is 12.0. The Kier molecular flexibility index (Phi) is 6.30. The molecular formula is C19H30O6Si. The number of esters is 1. The van der Waals surface area contributed by atoms with Crippen LogP contribution in [0, 0.1) is 0 Å². The predicted octanol–water partition coefficient (Wildman–Crippen LogP) is 2.70. The van der Waals surface area contributed by atoms with Crippen molar-refractivity contribution >= 4 is 14.3 Å². The molecule has 0 amide bonds. The van der Waals surface area contributed by atoms with Crippen LogP contribution >= 0.6 is 0 Å². The Balaban J connectivity index is 1.89. The first kappa shape index (κ1) is 21.1. The normalized spacial score (nSPS) is 26.7. The maximum absolute atomic E-state index is 12.0. The zero-order valence-corrected chi connectivity index (χ0v) is 17.2. The van der Waals surface area contributed by atoms with Crippen molar-refractivity contribution in [3.05, 3.63) is 35.9 Å². The van der Waals surface area contributed by atoms with Crippen molar-refractivity contribution in [2.75, 3.05) is 13.2 Å². The van der Waals surface area contributed by atoms with E-state index in [1.165, 1.54) is 0 Å². The van der Waals surface area contributed by atoms with E-state index in [2.05, 4.69) is 33.9 Å². The number of hydrogen-bond acceptors (Lipinski definition) is 6. The third-order valence-corrected chi connectivity index (χ3v) is 9.71. The third-order valence-electron chi connectivity index (χ3n) is 5.23. The molecule has 0 aromatic heterocycles. The molecule has 0 unspecified atom stereocenters. The highest BCUT2D eigenvalue weighted by Gasteiger charge is 2.49. The number of aliphatic hydroxyl groups excluding tert-OH is 1. The van der Waals surface area contributed by atoms with Gasteiger partial charge in [-0.1, -0.05) is 39.0 Å². The second-order valence-electron chi connectivity index (χ2n) is 8.35. The molecule has 0 spiro atoms. The molecule has 2 rings (SSSR count). The molecule has 0 radical (unpaired) electrons. The van der Waals surface area contributed by atoms with Gasteiger partial charge in [0.2, 0.25) is 5.79 Å². The van der Waals surface area contributed by atoms with Crippen LogP contribution in [0.1, 0.15) is 37.6 Å². The first-order valence-electron chi connectivity index (χ1n) is 8.89. The van der Waals surface area contributed by atoms with Gasteiger partial charge in [0, 0.05) is 6.42 Å². The SMILES string of the molecule is CC(C)(C)[Si](C)(C)OC[C@@]1(O)O[C@H](COC(=O)c2ccccc2)C[C@@H]1O. The Labute approximate surface area is 156 Å². The van der Waals surface area contributed by atoms with Crippen LogP contribution in [-0.4, -0.2) is 55.7 Å². The molecule has 1 aromatic carbocycles. The van der Waals surface area contributed by atoms with E-state index in [0.29, 0.717) is 5.56 Å². The summed E-state index contributed by atoms with van der Waals surface area (Å²) in [5.74, 6) is -2.24. The van der Waals surface area contributed by atoms with Crippen LogP contribution in [0.3, 0.4) is 0 Å². The second kappa shape index (κ2) is 7.78. The molecule has 7 heteroatoms. The summed E-state index contributed by atoms with van der Waals surface area (Å²) in [5, 5.41) is 20.8. The van der Waals surface area contributed by atoms with Crippen molar-refractivity contribution in [3.63, 3.8) is 0 Å². The number of rotatable bonds is 6. The van der Waals surface area contributed by atoms with Crippen LogP contribution in [-0.2, 0) is 13.9 Å². The van der Waals surface area contributed by atoms with Crippen molar-refractivity contribution in [1.82, 2.24) is 0 Å². The fraction of sp³-hybridized carbons (Fsp3) is 0.632. The van der Waals surface area contributed by atoms with E-state index in [-0.39, 0.29) is 24.7 Å². The lowest BCUT2D eigenvalue weighted by molar-refractivity contribution is -0.245. The highest BCUT2D eigenvalue weighted by molar-refractivity contribution is 6.74. The van der Waals surface area contributed by atoms with E-state index in [9.17, 15) is 15.0 Å². The summed E-state index contributed by atoms with van der Waals surface area (Å²) in [7, 11) is -2.09. The van der Waals surface area contributed by atoms with Gasteiger partial charge in [0.05, 0.1) is 18.3 Å². The van der Waals surface area contributed by atoms with E-state index in [0.717, 1.165) is 0 Å². The predicted molar refractivity (Wildman–Crippen MR) is 100 cm³/mol. The summed E-state index contributed by atoms with van der Waals surface area (Å²) < 4.78 is 16.8. The van der Waals surface area contributed by atoms with Gasteiger partial charge in [0.25, 0.3) is 0 Å². The van der Waals surface area contributed by atoms with Gasteiger partial charge in [-0.25, -0.2) is 4.79 Å². The molecular weight excluding hydrogens is 352 g/mol. The largest absolute Gasteiger partial charge is 0.459 e. The summed E-state index contributed by atoms with van der Waals surface area (Å²) >= 11 is 0. The topological polar surface area (TPSA) is 85.2 Å². The van der Waals surface area contributed by atoms with Gasteiger partial charge in [0.15, 0.2) is 8.32 Å². The molecule has 1 aliphatic heterocycles. The van der Waals surface area contributed by atoms with Crippen LogP contribution in [0.2, 0.25) is 18.1 Å². The van der Waals surface area contributed by atoms with Gasteiger partial charge >= 0.3 is 5.97 Å².